The predicted octanol–water partition coefficient (Wildman–Crippen LogP) is 2.36. The van der Waals surface area contributed by atoms with Crippen LogP contribution in [0.15, 0.2) is 36.4 Å². The van der Waals surface area contributed by atoms with Gasteiger partial charge in [0.15, 0.2) is 6.19 Å². The first-order valence-corrected chi connectivity index (χ1v) is 6.45. The second-order valence-electron chi connectivity index (χ2n) is 4.55. The number of aryl methyl sites for hydroxylation is 1. The SMILES string of the molecule is Cc1nc(NC#N)cc(N(C)CCc2ccccc2)n1. The molecule has 0 atom stereocenters. The average molecular weight is 267 g/mol. The zero-order valence-electron chi connectivity index (χ0n) is 11.7. The van der Waals surface area contributed by atoms with Crippen molar-refractivity contribution in [2.75, 3.05) is 23.8 Å². The second kappa shape index (κ2) is 6.53. The molecule has 0 aliphatic heterocycles. The van der Waals surface area contributed by atoms with Gasteiger partial charge in [-0.1, -0.05) is 30.3 Å². The lowest BCUT2D eigenvalue weighted by atomic mass is 10.1. The van der Waals surface area contributed by atoms with E-state index < -0.39 is 0 Å². The zero-order valence-corrected chi connectivity index (χ0v) is 11.7. The molecule has 0 unspecified atom stereocenters. The van der Waals surface area contributed by atoms with Gasteiger partial charge < -0.3 is 4.90 Å². The first-order valence-electron chi connectivity index (χ1n) is 6.45. The van der Waals surface area contributed by atoms with Crippen LogP contribution in [-0.2, 0) is 6.42 Å². The van der Waals surface area contributed by atoms with E-state index in [1.165, 1.54) is 5.56 Å². The number of rotatable bonds is 5. The molecule has 0 saturated carbocycles. The fraction of sp³-hybridized carbons (Fsp3) is 0.267. The number of hydrogen-bond acceptors (Lipinski definition) is 5. The number of hydrogen-bond donors (Lipinski definition) is 1. The van der Waals surface area contributed by atoms with Crippen LogP contribution >= 0.6 is 0 Å². The molecule has 0 amide bonds. The summed E-state index contributed by atoms with van der Waals surface area (Å²) in [4.78, 5) is 10.6. The topological polar surface area (TPSA) is 64.8 Å². The van der Waals surface area contributed by atoms with E-state index in [0.717, 1.165) is 18.8 Å². The molecular weight excluding hydrogens is 250 g/mol. The summed E-state index contributed by atoms with van der Waals surface area (Å²) in [5.74, 6) is 1.99. The van der Waals surface area contributed by atoms with E-state index >= 15 is 0 Å². The summed E-state index contributed by atoms with van der Waals surface area (Å²) in [5, 5.41) is 11.2. The Kier molecular flexibility index (Phi) is 4.51. The fourth-order valence-electron chi connectivity index (χ4n) is 1.92. The van der Waals surface area contributed by atoms with Gasteiger partial charge in [0, 0.05) is 19.7 Å². The van der Waals surface area contributed by atoms with Gasteiger partial charge in [0.1, 0.15) is 17.5 Å². The van der Waals surface area contributed by atoms with Crippen LogP contribution in [0, 0.1) is 18.4 Å². The number of nitrogens with zero attached hydrogens (tertiary/aromatic N) is 4. The van der Waals surface area contributed by atoms with Crippen molar-refractivity contribution in [3.05, 3.63) is 47.8 Å². The highest BCUT2D eigenvalue weighted by atomic mass is 15.2. The van der Waals surface area contributed by atoms with Crippen LogP contribution in [-0.4, -0.2) is 23.6 Å². The second-order valence-corrected chi connectivity index (χ2v) is 4.55. The molecule has 1 heterocycles. The van der Waals surface area contributed by atoms with E-state index in [4.69, 9.17) is 5.26 Å². The van der Waals surface area contributed by atoms with Gasteiger partial charge in [-0.05, 0) is 18.9 Å². The molecular formula is C15H17N5. The maximum atomic E-state index is 8.66. The van der Waals surface area contributed by atoms with E-state index in [0.29, 0.717) is 11.6 Å². The van der Waals surface area contributed by atoms with Gasteiger partial charge in [-0.2, -0.15) is 5.26 Å². The lowest BCUT2D eigenvalue weighted by molar-refractivity contribution is 0.849. The molecule has 1 aromatic carbocycles. The molecule has 102 valence electrons. The van der Waals surface area contributed by atoms with E-state index in [9.17, 15) is 0 Å². The summed E-state index contributed by atoms with van der Waals surface area (Å²) in [6, 6.07) is 12.1. The van der Waals surface area contributed by atoms with Crippen LogP contribution < -0.4 is 10.2 Å². The molecule has 0 radical (unpaired) electrons. The Morgan fingerprint density at radius 1 is 1.25 bits per heavy atom. The maximum Gasteiger partial charge on any atom is 0.182 e. The minimum atomic E-state index is 0.529. The van der Waals surface area contributed by atoms with Gasteiger partial charge in [0.25, 0.3) is 0 Å². The van der Waals surface area contributed by atoms with Crippen molar-refractivity contribution in [2.24, 2.45) is 0 Å². The van der Waals surface area contributed by atoms with Crippen LogP contribution in [0.1, 0.15) is 11.4 Å². The molecule has 1 N–H and O–H groups in total. The third kappa shape index (κ3) is 3.69. The van der Waals surface area contributed by atoms with Crippen molar-refractivity contribution in [1.82, 2.24) is 9.97 Å². The minimum Gasteiger partial charge on any atom is -0.359 e. The molecule has 0 spiro atoms. The van der Waals surface area contributed by atoms with Crippen molar-refractivity contribution in [2.45, 2.75) is 13.3 Å². The van der Waals surface area contributed by atoms with E-state index in [-0.39, 0.29) is 0 Å². The smallest absolute Gasteiger partial charge is 0.182 e. The summed E-state index contributed by atoms with van der Waals surface area (Å²) >= 11 is 0. The first-order chi connectivity index (χ1) is 9.69. The Labute approximate surface area is 118 Å². The maximum absolute atomic E-state index is 8.66. The number of anilines is 2. The molecule has 0 fully saturated rings. The highest BCUT2D eigenvalue weighted by molar-refractivity contribution is 5.50. The van der Waals surface area contributed by atoms with Gasteiger partial charge in [0.2, 0.25) is 0 Å². The minimum absolute atomic E-state index is 0.529. The number of nitriles is 1. The quantitative estimate of drug-likeness (QED) is 0.665. The van der Waals surface area contributed by atoms with Gasteiger partial charge in [-0.25, -0.2) is 9.97 Å². The number of nitrogens with one attached hydrogen (secondary N) is 1. The molecule has 2 rings (SSSR count). The largest absolute Gasteiger partial charge is 0.359 e. The molecule has 2 aromatic rings. The summed E-state index contributed by atoms with van der Waals surface area (Å²) in [5.41, 5.74) is 1.29. The van der Waals surface area contributed by atoms with E-state index in [1.54, 1.807) is 6.07 Å². The molecule has 0 aliphatic rings. The Balaban J connectivity index is 2.05. The molecule has 0 saturated heterocycles. The Morgan fingerprint density at radius 3 is 2.70 bits per heavy atom. The number of benzene rings is 1. The average Bonchev–Trinajstić information content (AvgIpc) is 2.45. The monoisotopic (exact) mass is 267 g/mol. The Hall–Kier alpha value is -2.61. The van der Waals surface area contributed by atoms with Crippen LogP contribution in [0.25, 0.3) is 0 Å². The Morgan fingerprint density at radius 2 is 2.00 bits per heavy atom. The first kappa shape index (κ1) is 13.8. The van der Waals surface area contributed by atoms with Crippen LogP contribution in [0.2, 0.25) is 0 Å². The highest BCUT2D eigenvalue weighted by Gasteiger charge is 2.06. The summed E-state index contributed by atoms with van der Waals surface area (Å²) in [6.45, 7) is 2.67. The number of aromatic nitrogens is 2. The third-order valence-electron chi connectivity index (χ3n) is 2.98. The van der Waals surface area contributed by atoms with E-state index in [2.05, 4.69) is 32.3 Å². The Bertz CT molecular complexity index is 603. The molecule has 20 heavy (non-hydrogen) atoms. The van der Waals surface area contributed by atoms with Crippen LogP contribution in [0.4, 0.5) is 11.6 Å². The van der Waals surface area contributed by atoms with E-state index in [1.807, 2.05) is 38.4 Å². The van der Waals surface area contributed by atoms with Crippen molar-refractivity contribution < 1.29 is 0 Å². The molecule has 5 heteroatoms. The standard InChI is InChI=1S/C15H17N5/c1-12-18-14(17-11-16)10-15(19-12)20(2)9-8-13-6-4-3-5-7-13/h3-7,10H,8-9H2,1-2H3,(H,17,18,19). The van der Waals surface area contributed by atoms with Gasteiger partial charge in [-0.3, -0.25) is 5.32 Å². The van der Waals surface area contributed by atoms with Crippen molar-refractivity contribution >= 4 is 11.6 Å². The van der Waals surface area contributed by atoms with Gasteiger partial charge in [0.05, 0.1) is 0 Å². The normalized spacial score (nSPS) is 9.85. The fourth-order valence-corrected chi connectivity index (χ4v) is 1.92. The molecule has 5 nitrogen and oxygen atoms in total. The summed E-state index contributed by atoms with van der Waals surface area (Å²) in [6.07, 6.45) is 2.82. The van der Waals surface area contributed by atoms with Crippen molar-refractivity contribution in [1.29, 1.82) is 5.26 Å². The number of likely N-dealkylation sites (N-methyl/N-ethyl adjacent to an activating group) is 1. The zero-order chi connectivity index (χ0) is 14.4. The molecule has 0 bridgehead atoms. The predicted molar refractivity (Wildman–Crippen MR) is 79.4 cm³/mol. The van der Waals surface area contributed by atoms with Crippen molar-refractivity contribution in [3.63, 3.8) is 0 Å². The van der Waals surface area contributed by atoms with Crippen molar-refractivity contribution in [3.8, 4) is 6.19 Å². The van der Waals surface area contributed by atoms with Gasteiger partial charge >= 0.3 is 0 Å². The summed E-state index contributed by atoms with van der Waals surface area (Å²) < 4.78 is 0. The van der Waals surface area contributed by atoms with Crippen LogP contribution in [0.5, 0.6) is 0 Å². The molecule has 1 aromatic heterocycles. The molecule has 0 aliphatic carbocycles. The lowest BCUT2D eigenvalue weighted by Gasteiger charge is -2.19. The summed E-state index contributed by atoms with van der Waals surface area (Å²) in [7, 11) is 1.99. The van der Waals surface area contributed by atoms with Gasteiger partial charge in [-0.15, -0.1) is 0 Å². The highest BCUT2D eigenvalue weighted by Crippen LogP contribution is 2.15. The third-order valence-corrected chi connectivity index (χ3v) is 2.98. The van der Waals surface area contributed by atoms with Crippen LogP contribution in [0.3, 0.4) is 0 Å². The lowest BCUT2D eigenvalue weighted by Crippen LogP contribution is -2.22.